The molecule has 1 amide bonds. The first-order chi connectivity index (χ1) is 15.6. The molecule has 2 aromatic heterocycles. The van der Waals surface area contributed by atoms with Gasteiger partial charge < -0.3 is 11.1 Å². The van der Waals surface area contributed by atoms with Crippen molar-refractivity contribution in [3.63, 3.8) is 0 Å². The maximum atomic E-state index is 13.3. The Balaban J connectivity index is 1.64. The number of nitrogens with zero attached hydrogens (tertiary/aromatic N) is 4. The Morgan fingerprint density at radius 2 is 1.75 bits per heavy atom. The topological polar surface area (TPSA) is 98.2 Å². The van der Waals surface area contributed by atoms with Crippen LogP contribution in [0.5, 0.6) is 0 Å². The van der Waals surface area contributed by atoms with Crippen LogP contribution < -0.4 is 11.1 Å². The standard InChI is InChI=1S/C25H26N6O/c1-16-9-5-6-10-17(16)15-27-31-23(26)21(25(32)28-18-11-3-2-4-12-18)22-24(31)30-20-14-8-7-13-19(20)29-22/h5-10,13-15,18H,2-4,11-12,26H2,1H3,(H,28,32)/b27-15+. The van der Waals surface area contributed by atoms with Crippen molar-refractivity contribution < 1.29 is 4.79 Å². The highest BCUT2D eigenvalue weighted by Gasteiger charge is 2.26. The molecular formula is C25H26N6O. The molecule has 0 atom stereocenters. The number of benzene rings is 2. The Hall–Kier alpha value is -3.74. The summed E-state index contributed by atoms with van der Waals surface area (Å²) in [6, 6.07) is 15.7. The lowest BCUT2D eigenvalue weighted by atomic mass is 9.95. The van der Waals surface area contributed by atoms with Crippen molar-refractivity contribution in [1.29, 1.82) is 0 Å². The minimum absolute atomic E-state index is 0.165. The summed E-state index contributed by atoms with van der Waals surface area (Å²) in [5, 5.41) is 7.77. The number of carbonyl (C=O) groups excluding carboxylic acids is 1. The highest BCUT2D eigenvalue weighted by molar-refractivity contribution is 6.10. The van der Waals surface area contributed by atoms with E-state index in [0.717, 1.165) is 42.3 Å². The summed E-state index contributed by atoms with van der Waals surface area (Å²) in [5.41, 5.74) is 11.3. The molecule has 0 aliphatic heterocycles. The van der Waals surface area contributed by atoms with Crippen LogP contribution in [0.3, 0.4) is 0 Å². The van der Waals surface area contributed by atoms with Crippen molar-refractivity contribution in [2.45, 2.75) is 45.1 Å². The summed E-state index contributed by atoms with van der Waals surface area (Å²) in [7, 11) is 0. The molecule has 2 heterocycles. The molecule has 0 spiro atoms. The zero-order valence-electron chi connectivity index (χ0n) is 18.1. The number of nitrogens with two attached hydrogens (primary N) is 1. The fourth-order valence-corrected chi connectivity index (χ4v) is 4.34. The number of nitrogens with one attached hydrogen (secondary N) is 1. The van der Waals surface area contributed by atoms with Gasteiger partial charge in [-0.25, -0.2) is 9.97 Å². The van der Waals surface area contributed by atoms with Gasteiger partial charge in [-0.2, -0.15) is 9.78 Å². The van der Waals surface area contributed by atoms with Crippen LogP contribution in [0, 0.1) is 6.92 Å². The van der Waals surface area contributed by atoms with Crippen LogP contribution in [0.1, 0.15) is 53.6 Å². The van der Waals surface area contributed by atoms with Gasteiger partial charge in [0.1, 0.15) is 16.9 Å². The molecule has 1 aliphatic rings. The molecule has 32 heavy (non-hydrogen) atoms. The van der Waals surface area contributed by atoms with Gasteiger partial charge in [-0.3, -0.25) is 4.79 Å². The number of amides is 1. The van der Waals surface area contributed by atoms with E-state index in [2.05, 4.69) is 10.4 Å². The third-order valence-corrected chi connectivity index (χ3v) is 6.14. The van der Waals surface area contributed by atoms with Gasteiger partial charge in [0.2, 0.25) is 0 Å². The molecule has 0 radical (unpaired) electrons. The van der Waals surface area contributed by atoms with Gasteiger partial charge in [0.25, 0.3) is 5.91 Å². The minimum Gasteiger partial charge on any atom is -0.383 e. The Morgan fingerprint density at radius 1 is 1.06 bits per heavy atom. The number of anilines is 1. The van der Waals surface area contributed by atoms with Gasteiger partial charge in [0.05, 0.1) is 17.2 Å². The van der Waals surface area contributed by atoms with E-state index in [0.29, 0.717) is 22.2 Å². The molecule has 162 valence electrons. The molecule has 0 bridgehead atoms. The molecule has 1 aliphatic carbocycles. The van der Waals surface area contributed by atoms with E-state index in [1.54, 1.807) is 6.21 Å². The van der Waals surface area contributed by atoms with Gasteiger partial charge in [-0.1, -0.05) is 55.7 Å². The number of fused-ring (bicyclic) bond motifs is 2. The molecule has 0 saturated heterocycles. The molecular weight excluding hydrogens is 400 g/mol. The molecule has 1 saturated carbocycles. The first kappa shape index (κ1) is 20.2. The smallest absolute Gasteiger partial charge is 0.257 e. The third-order valence-electron chi connectivity index (χ3n) is 6.14. The van der Waals surface area contributed by atoms with Gasteiger partial charge >= 0.3 is 0 Å². The van der Waals surface area contributed by atoms with Crippen molar-refractivity contribution in [2.24, 2.45) is 5.10 Å². The van der Waals surface area contributed by atoms with E-state index in [9.17, 15) is 4.79 Å². The molecule has 1 fully saturated rings. The fourth-order valence-electron chi connectivity index (χ4n) is 4.34. The number of rotatable bonds is 4. The molecule has 7 nitrogen and oxygen atoms in total. The van der Waals surface area contributed by atoms with Crippen molar-refractivity contribution >= 4 is 40.1 Å². The number of hydrogen-bond acceptors (Lipinski definition) is 5. The van der Waals surface area contributed by atoms with Crippen molar-refractivity contribution in [3.05, 3.63) is 65.2 Å². The Labute approximate surface area is 186 Å². The minimum atomic E-state index is -0.214. The molecule has 4 aromatic rings. The number of carbonyl (C=O) groups is 1. The van der Waals surface area contributed by atoms with E-state index >= 15 is 0 Å². The average molecular weight is 427 g/mol. The normalized spacial score (nSPS) is 15.0. The Morgan fingerprint density at radius 3 is 2.50 bits per heavy atom. The van der Waals surface area contributed by atoms with Crippen LogP contribution in [0.25, 0.3) is 22.2 Å². The van der Waals surface area contributed by atoms with Gasteiger partial charge in [0.15, 0.2) is 5.65 Å². The molecule has 5 rings (SSSR count). The molecule has 3 N–H and O–H groups in total. The predicted octanol–water partition coefficient (Wildman–Crippen LogP) is 4.42. The number of aryl methyl sites for hydroxylation is 1. The lowest BCUT2D eigenvalue weighted by Crippen LogP contribution is -2.36. The zero-order chi connectivity index (χ0) is 22.1. The summed E-state index contributed by atoms with van der Waals surface area (Å²) in [6.45, 7) is 2.02. The molecule has 0 unspecified atom stereocenters. The van der Waals surface area contributed by atoms with Gasteiger partial charge in [0, 0.05) is 6.04 Å². The van der Waals surface area contributed by atoms with Crippen LogP contribution in [0.15, 0.2) is 53.6 Å². The summed E-state index contributed by atoms with van der Waals surface area (Å²) in [4.78, 5) is 22.8. The van der Waals surface area contributed by atoms with Crippen molar-refractivity contribution in [3.8, 4) is 0 Å². The SMILES string of the molecule is Cc1ccccc1/C=N/n1c(N)c(C(=O)NC2CCCCC2)c2nc3ccccc3nc21. The summed E-state index contributed by atoms with van der Waals surface area (Å²) < 4.78 is 1.52. The monoisotopic (exact) mass is 426 g/mol. The summed E-state index contributed by atoms with van der Waals surface area (Å²) >= 11 is 0. The van der Waals surface area contributed by atoms with E-state index in [4.69, 9.17) is 15.7 Å². The van der Waals surface area contributed by atoms with E-state index < -0.39 is 0 Å². The number of para-hydroxylation sites is 2. The highest BCUT2D eigenvalue weighted by Crippen LogP contribution is 2.28. The largest absolute Gasteiger partial charge is 0.383 e. The van der Waals surface area contributed by atoms with Crippen molar-refractivity contribution in [1.82, 2.24) is 20.0 Å². The van der Waals surface area contributed by atoms with E-state index in [1.165, 1.54) is 11.1 Å². The number of aromatic nitrogens is 3. The highest BCUT2D eigenvalue weighted by atomic mass is 16.1. The van der Waals surface area contributed by atoms with Gasteiger partial charge in [-0.05, 0) is 43.0 Å². The maximum absolute atomic E-state index is 13.3. The molecule has 7 heteroatoms. The average Bonchev–Trinajstić information content (AvgIpc) is 3.08. The van der Waals surface area contributed by atoms with Crippen LogP contribution >= 0.6 is 0 Å². The summed E-state index contributed by atoms with van der Waals surface area (Å²) in [5.74, 6) is 0.0299. The van der Waals surface area contributed by atoms with Crippen LogP contribution in [0.4, 0.5) is 5.82 Å². The fraction of sp³-hybridized carbons (Fsp3) is 0.280. The van der Waals surface area contributed by atoms with Crippen LogP contribution in [-0.4, -0.2) is 32.8 Å². The summed E-state index contributed by atoms with van der Waals surface area (Å²) in [6.07, 6.45) is 7.21. The van der Waals surface area contributed by atoms with E-state index in [1.807, 2.05) is 55.5 Å². The maximum Gasteiger partial charge on any atom is 0.257 e. The zero-order valence-corrected chi connectivity index (χ0v) is 18.1. The number of hydrogen-bond donors (Lipinski definition) is 2. The first-order valence-electron chi connectivity index (χ1n) is 11.1. The lowest BCUT2D eigenvalue weighted by molar-refractivity contribution is 0.0930. The third kappa shape index (κ3) is 3.70. The molecule has 2 aromatic carbocycles. The lowest BCUT2D eigenvalue weighted by Gasteiger charge is -2.22. The van der Waals surface area contributed by atoms with Crippen molar-refractivity contribution in [2.75, 3.05) is 5.73 Å². The van der Waals surface area contributed by atoms with Crippen LogP contribution in [-0.2, 0) is 0 Å². The van der Waals surface area contributed by atoms with Gasteiger partial charge in [-0.15, -0.1) is 0 Å². The van der Waals surface area contributed by atoms with Crippen LogP contribution in [0.2, 0.25) is 0 Å². The Kier molecular flexibility index (Phi) is 5.31. The van der Waals surface area contributed by atoms with E-state index in [-0.39, 0.29) is 17.8 Å². The first-order valence-corrected chi connectivity index (χ1v) is 11.1. The predicted molar refractivity (Wildman–Crippen MR) is 128 cm³/mol. The quantitative estimate of drug-likeness (QED) is 0.472. The second-order valence-electron chi connectivity index (χ2n) is 8.37. The number of nitrogen functional groups attached to an aromatic ring is 1. The Bertz CT molecular complexity index is 1330. The second kappa shape index (κ2) is 8.42. The second-order valence-corrected chi connectivity index (χ2v) is 8.37.